The zero-order valence-electron chi connectivity index (χ0n) is 12.9. The monoisotopic (exact) mass is 294 g/mol. The molecule has 0 aliphatic rings. The minimum absolute atomic E-state index is 0.0277. The van der Waals surface area contributed by atoms with Crippen molar-refractivity contribution in [3.8, 4) is 5.75 Å². The summed E-state index contributed by atoms with van der Waals surface area (Å²) in [6, 6.07) is 15.3. The van der Waals surface area contributed by atoms with Gasteiger partial charge in [0.1, 0.15) is 5.75 Å². The number of methoxy groups -OCH3 is 1. The number of carbonyl (C=O) groups is 1. The van der Waals surface area contributed by atoms with Gasteiger partial charge in [-0.05, 0) is 31.2 Å². The lowest BCUT2D eigenvalue weighted by atomic mass is 10.1. The van der Waals surface area contributed by atoms with Gasteiger partial charge in [0.05, 0.1) is 18.2 Å². The molecule has 0 spiro atoms. The molecular formula is C18H18N2O2. The smallest absolute Gasteiger partial charge is 0.260 e. The van der Waals surface area contributed by atoms with E-state index in [1.165, 1.54) is 0 Å². The highest BCUT2D eigenvalue weighted by atomic mass is 16.5. The predicted molar refractivity (Wildman–Crippen MR) is 88.8 cm³/mol. The summed E-state index contributed by atoms with van der Waals surface area (Å²) >= 11 is 0. The van der Waals surface area contributed by atoms with Crippen molar-refractivity contribution in [3.63, 3.8) is 0 Å². The Kier molecular flexibility index (Phi) is 3.59. The third-order valence-corrected chi connectivity index (χ3v) is 3.86. The molecule has 1 N–H and O–H groups in total. The molecule has 0 aliphatic heterocycles. The van der Waals surface area contributed by atoms with Crippen LogP contribution >= 0.6 is 0 Å². The number of anilines is 1. The van der Waals surface area contributed by atoms with E-state index in [9.17, 15) is 4.79 Å². The first-order chi connectivity index (χ1) is 10.6. The molecule has 0 fully saturated rings. The molecule has 0 bridgehead atoms. The van der Waals surface area contributed by atoms with Crippen molar-refractivity contribution in [2.75, 3.05) is 19.1 Å². The molecule has 1 heterocycles. The van der Waals surface area contributed by atoms with E-state index >= 15 is 0 Å². The van der Waals surface area contributed by atoms with Crippen molar-refractivity contribution in [3.05, 3.63) is 59.8 Å². The van der Waals surface area contributed by atoms with Crippen LogP contribution in [-0.4, -0.2) is 25.0 Å². The van der Waals surface area contributed by atoms with Gasteiger partial charge >= 0.3 is 0 Å². The van der Waals surface area contributed by atoms with Gasteiger partial charge in [-0.25, -0.2) is 0 Å². The van der Waals surface area contributed by atoms with Crippen LogP contribution in [0, 0.1) is 6.92 Å². The lowest BCUT2D eigenvalue weighted by Gasteiger charge is -2.17. The molecule has 0 unspecified atom stereocenters. The zero-order chi connectivity index (χ0) is 15.7. The van der Waals surface area contributed by atoms with E-state index in [0.717, 1.165) is 28.0 Å². The van der Waals surface area contributed by atoms with Crippen LogP contribution in [0.25, 0.3) is 10.9 Å². The Bertz CT molecular complexity index is 822. The van der Waals surface area contributed by atoms with Crippen LogP contribution in [0.2, 0.25) is 0 Å². The van der Waals surface area contributed by atoms with E-state index in [-0.39, 0.29) is 5.91 Å². The number of hydrogen-bond acceptors (Lipinski definition) is 2. The predicted octanol–water partition coefficient (Wildman–Crippen LogP) is 3.76. The molecule has 2 aromatic carbocycles. The van der Waals surface area contributed by atoms with Crippen molar-refractivity contribution in [1.29, 1.82) is 0 Å². The van der Waals surface area contributed by atoms with Crippen LogP contribution in [0.15, 0.2) is 48.5 Å². The van der Waals surface area contributed by atoms with Gasteiger partial charge in [0, 0.05) is 29.9 Å². The number of amides is 1. The van der Waals surface area contributed by atoms with Crippen molar-refractivity contribution < 1.29 is 9.53 Å². The highest BCUT2D eigenvalue weighted by Crippen LogP contribution is 2.28. The fourth-order valence-corrected chi connectivity index (χ4v) is 2.65. The Morgan fingerprint density at radius 2 is 1.86 bits per heavy atom. The summed E-state index contributed by atoms with van der Waals surface area (Å²) in [6.45, 7) is 1.92. The Morgan fingerprint density at radius 3 is 2.55 bits per heavy atom. The number of rotatable bonds is 3. The third kappa shape index (κ3) is 2.33. The largest absolute Gasteiger partial charge is 0.497 e. The maximum absolute atomic E-state index is 12.9. The fraction of sp³-hybridized carbons (Fsp3) is 0.167. The second-order valence-corrected chi connectivity index (χ2v) is 5.24. The van der Waals surface area contributed by atoms with Crippen LogP contribution in [-0.2, 0) is 0 Å². The Hall–Kier alpha value is -2.75. The van der Waals surface area contributed by atoms with Gasteiger partial charge in [-0.2, -0.15) is 0 Å². The minimum Gasteiger partial charge on any atom is -0.497 e. The van der Waals surface area contributed by atoms with E-state index in [0.29, 0.717) is 5.56 Å². The molecule has 0 saturated carbocycles. The number of benzene rings is 2. The second kappa shape index (κ2) is 5.56. The second-order valence-electron chi connectivity index (χ2n) is 5.24. The standard InChI is InChI=1S/C18H18N2O2/c1-12-17(15-10-9-14(22-3)11-16(15)19-12)18(21)20(2)13-7-5-4-6-8-13/h4-11,19H,1-3H3. The summed E-state index contributed by atoms with van der Waals surface area (Å²) in [6.07, 6.45) is 0. The number of hydrogen-bond donors (Lipinski definition) is 1. The summed E-state index contributed by atoms with van der Waals surface area (Å²) in [4.78, 5) is 17.8. The van der Waals surface area contributed by atoms with Crippen LogP contribution in [0.3, 0.4) is 0 Å². The zero-order valence-corrected chi connectivity index (χ0v) is 12.9. The van der Waals surface area contributed by atoms with Gasteiger partial charge < -0.3 is 14.6 Å². The summed E-state index contributed by atoms with van der Waals surface area (Å²) in [5.74, 6) is 0.740. The van der Waals surface area contributed by atoms with Crippen molar-refractivity contribution in [1.82, 2.24) is 4.98 Å². The molecule has 1 amide bonds. The normalized spacial score (nSPS) is 10.7. The summed E-state index contributed by atoms with van der Waals surface area (Å²) < 4.78 is 5.23. The number of fused-ring (bicyclic) bond motifs is 1. The number of H-pyrrole nitrogens is 1. The molecular weight excluding hydrogens is 276 g/mol. The Labute approximate surface area is 129 Å². The Morgan fingerprint density at radius 1 is 1.14 bits per heavy atom. The summed E-state index contributed by atoms with van der Waals surface area (Å²) in [5.41, 5.74) is 3.33. The van der Waals surface area contributed by atoms with Crippen LogP contribution in [0.1, 0.15) is 16.1 Å². The molecule has 4 nitrogen and oxygen atoms in total. The number of aromatic amines is 1. The topological polar surface area (TPSA) is 45.3 Å². The number of aromatic nitrogens is 1. The lowest BCUT2D eigenvalue weighted by molar-refractivity contribution is 0.0994. The lowest BCUT2D eigenvalue weighted by Crippen LogP contribution is -2.26. The number of nitrogens with one attached hydrogen (secondary N) is 1. The molecule has 3 aromatic rings. The average Bonchev–Trinajstić information content (AvgIpc) is 2.89. The van der Waals surface area contributed by atoms with Crippen LogP contribution in [0.5, 0.6) is 5.75 Å². The van der Waals surface area contributed by atoms with Crippen molar-refractivity contribution >= 4 is 22.5 Å². The number of ether oxygens (including phenoxy) is 1. The molecule has 0 radical (unpaired) electrons. The van der Waals surface area contributed by atoms with E-state index in [1.807, 2.05) is 55.5 Å². The first kappa shape index (κ1) is 14.2. The molecule has 0 saturated heterocycles. The number of aryl methyl sites for hydroxylation is 1. The number of para-hydroxylation sites is 1. The molecule has 0 atom stereocenters. The highest BCUT2D eigenvalue weighted by molar-refractivity contribution is 6.14. The minimum atomic E-state index is -0.0277. The van der Waals surface area contributed by atoms with E-state index in [4.69, 9.17) is 4.74 Å². The van der Waals surface area contributed by atoms with Gasteiger partial charge in [-0.15, -0.1) is 0 Å². The third-order valence-electron chi connectivity index (χ3n) is 3.86. The quantitative estimate of drug-likeness (QED) is 0.799. The van der Waals surface area contributed by atoms with Crippen molar-refractivity contribution in [2.45, 2.75) is 6.92 Å². The van der Waals surface area contributed by atoms with E-state index in [1.54, 1.807) is 19.1 Å². The summed E-state index contributed by atoms with van der Waals surface area (Å²) in [5, 5.41) is 0.908. The molecule has 22 heavy (non-hydrogen) atoms. The first-order valence-electron chi connectivity index (χ1n) is 7.11. The molecule has 0 aliphatic carbocycles. The summed E-state index contributed by atoms with van der Waals surface area (Å²) in [7, 11) is 3.42. The van der Waals surface area contributed by atoms with Gasteiger partial charge in [-0.3, -0.25) is 4.79 Å². The number of carbonyl (C=O) groups excluding carboxylic acids is 1. The maximum Gasteiger partial charge on any atom is 0.260 e. The molecule has 4 heteroatoms. The average molecular weight is 294 g/mol. The van der Waals surface area contributed by atoms with E-state index < -0.39 is 0 Å². The van der Waals surface area contributed by atoms with Crippen LogP contribution in [0.4, 0.5) is 5.69 Å². The number of nitrogens with zero attached hydrogens (tertiary/aromatic N) is 1. The first-order valence-corrected chi connectivity index (χ1v) is 7.11. The van der Waals surface area contributed by atoms with Gasteiger partial charge in [-0.1, -0.05) is 18.2 Å². The molecule has 1 aromatic heterocycles. The van der Waals surface area contributed by atoms with Gasteiger partial charge in [0.15, 0.2) is 0 Å². The highest BCUT2D eigenvalue weighted by Gasteiger charge is 2.20. The maximum atomic E-state index is 12.9. The Balaban J connectivity index is 2.06. The SMILES string of the molecule is COc1ccc2c(C(=O)N(C)c3ccccc3)c(C)[nH]c2c1. The van der Waals surface area contributed by atoms with Gasteiger partial charge in [0.25, 0.3) is 5.91 Å². The van der Waals surface area contributed by atoms with Gasteiger partial charge in [0.2, 0.25) is 0 Å². The molecule has 112 valence electrons. The van der Waals surface area contributed by atoms with Crippen LogP contribution < -0.4 is 9.64 Å². The van der Waals surface area contributed by atoms with Crippen molar-refractivity contribution in [2.24, 2.45) is 0 Å². The fourth-order valence-electron chi connectivity index (χ4n) is 2.65. The van der Waals surface area contributed by atoms with E-state index in [2.05, 4.69) is 4.98 Å². The molecule has 3 rings (SSSR count).